The summed E-state index contributed by atoms with van der Waals surface area (Å²) in [4.78, 5) is 27.9. The number of fused-ring (bicyclic) bond motifs is 1. The van der Waals surface area contributed by atoms with Gasteiger partial charge in [0.2, 0.25) is 0 Å². The van der Waals surface area contributed by atoms with Crippen molar-refractivity contribution < 1.29 is 18.7 Å². The van der Waals surface area contributed by atoms with Crippen molar-refractivity contribution in [3.05, 3.63) is 60.0 Å². The number of benzene rings is 2. The molecule has 3 aromatic rings. The van der Waals surface area contributed by atoms with E-state index in [0.29, 0.717) is 23.6 Å². The van der Waals surface area contributed by atoms with Crippen LogP contribution < -0.4 is 5.32 Å². The summed E-state index contributed by atoms with van der Waals surface area (Å²) in [5.74, 6) is -0.371. The Morgan fingerprint density at radius 1 is 1.16 bits per heavy atom. The van der Waals surface area contributed by atoms with Crippen LogP contribution in [-0.4, -0.2) is 23.5 Å². The van der Waals surface area contributed by atoms with Crippen LogP contribution >= 0.6 is 0 Å². The SMILES string of the molecule is Cc1cccc(NC(=O)COC(=O)CCc2nc3ccccc3o2)c1. The molecule has 25 heavy (non-hydrogen) atoms. The van der Waals surface area contributed by atoms with E-state index >= 15 is 0 Å². The van der Waals surface area contributed by atoms with Gasteiger partial charge in [-0.05, 0) is 36.8 Å². The zero-order valence-corrected chi connectivity index (χ0v) is 13.8. The summed E-state index contributed by atoms with van der Waals surface area (Å²) in [6.45, 7) is 1.61. The summed E-state index contributed by atoms with van der Waals surface area (Å²) in [6.07, 6.45) is 0.428. The van der Waals surface area contributed by atoms with Crippen LogP contribution in [0.4, 0.5) is 5.69 Å². The Labute approximate surface area is 144 Å². The van der Waals surface area contributed by atoms with Gasteiger partial charge in [0.15, 0.2) is 18.1 Å². The van der Waals surface area contributed by atoms with Gasteiger partial charge in [-0.1, -0.05) is 24.3 Å². The third kappa shape index (κ3) is 4.67. The second kappa shape index (κ2) is 7.61. The van der Waals surface area contributed by atoms with E-state index in [9.17, 15) is 9.59 Å². The van der Waals surface area contributed by atoms with Crippen molar-refractivity contribution in [1.82, 2.24) is 4.98 Å². The molecule has 0 fully saturated rings. The summed E-state index contributed by atoms with van der Waals surface area (Å²) in [5.41, 5.74) is 3.15. The fourth-order valence-corrected chi connectivity index (χ4v) is 2.37. The minimum atomic E-state index is -0.471. The van der Waals surface area contributed by atoms with E-state index in [-0.39, 0.29) is 18.9 Å². The summed E-state index contributed by atoms with van der Waals surface area (Å²) in [7, 11) is 0. The number of rotatable bonds is 6. The van der Waals surface area contributed by atoms with Crippen LogP contribution in [0.25, 0.3) is 11.1 Å². The summed E-state index contributed by atoms with van der Waals surface area (Å²) in [5, 5.41) is 2.68. The molecule has 0 unspecified atom stereocenters. The maximum Gasteiger partial charge on any atom is 0.306 e. The number of aromatic nitrogens is 1. The number of carbonyl (C=O) groups is 2. The zero-order valence-electron chi connectivity index (χ0n) is 13.8. The topological polar surface area (TPSA) is 81.4 Å². The molecule has 1 amide bonds. The number of ether oxygens (including phenoxy) is 1. The van der Waals surface area contributed by atoms with Gasteiger partial charge in [-0.15, -0.1) is 0 Å². The number of oxazole rings is 1. The Balaban J connectivity index is 1.43. The van der Waals surface area contributed by atoms with Crippen LogP contribution in [0, 0.1) is 6.92 Å². The van der Waals surface area contributed by atoms with Crippen molar-refractivity contribution in [3.8, 4) is 0 Å². The first-order valence-electron chi connectivity index (χ1n) is 7.97. The summed E-state index contributed by atoms with van der Waals surface area (Å²) < 4.78 is 10.5. The Bertz CT molecular complexity index is 868. The van der Waals surface area contributed by atoms with Crippen molar-refractivity contribution in [2.75, 3.05) is 11.9 Å². The first-order chi connectivity index (χ1) is 12.1. The minimum absolute atomic E-state index is 0.102. The molecule has 0 radical (unpaired) electrons. The number of hydrogen-bond acceptors (Lipinski definition) is 5. The van der Waals surface area contributed by atoms with E-state index < -0.39 is 5.97 Å². The molecule has 6 nitrogen and oxygen atoms in total. The smallest absolute Gasteiger partial charge is 0.306 e. The number of hydrogen-bond donors (Lipinski definition) is 1. The van der Waals surface area contributed by atoms with Crippen molar-refractivity contribution in [2.24, 2.45) is 0 Å². The van der Waals surface area contributed by atoms with Gasteiger partial charge in [0, 0.05) is 12.1 Å². The predicted molar refractivity (Wildman–Crippen MR) is 93.1 cm³/mol. The fourth-order valence-electron chi connectivity index (χ4n) is 2.37. The molecular formula is C19H18N2O4. The molecule has 0 saturated heterocycles. The number of nitrogens with zero attached hydrogens (tertiary/aromatic N) is 1. The number of esters is 1. The van der Waals surface area contributed by atoms with Gasteiger partial charge < -0.3 is 14.5 Å². The molecule has 0 aliphatic heterocycles. The molecule has 0 spiro atoms. The minimum Gasteiger partial charge on any atom is -0.456 e. The van der Waals surface area contributed by atoms with Crippen LogP contribution in [0.3, 0.4) is 0 Å². The average molecular weight is 338 g/mol. The van der Waals surface area contributed by atoms with Crippen LogP contribution in [0.15, 0.2) is 52.9 Å². The van der Waals surface area contributed by atoms with Crippen molar-refractivity contribution in [3.63, 3.8) is 0 Å². The molecule has 6 heteroatoms. The van der Waals surface area contributed by atoms with Gasteiger partial charge in [-0.3, -0.25) is 9.59 Å². The maximum absolute atomic E-state index is 11.8. The zero-order chi connectivity index (χ0) is 17.6. The molecule has 1 heterocycles. The summed E-state index contributed by atoms with van der Waals surface area (Å²) >= 11 is 0. The highest BCUT2D eigenvalue weighted by Gasteiger charge is 2.11. The lowest BCUT2D eigenvalue weighted by Gasteiger charge is -2.06. The van der Waals surface area contributed by atoms with Crippen molar-refractivity contribution in [1.29, 1.82) is 0 Å². The quantitative estimate of drug-likeness (QED) is 0.698. The van der Waals surface area contributed by atoms with Gasteiger partial charge in [0.1, 0.15) is 5.52 Å². The van der Waals surface area contributed by atoms with Gasteiger partial charge in [0.05, 0.1) is 6.42 Å². The number of anilines is 1. The third-order valence-corrected chi connectivity index (χ3v) is 3.55. The van der Waals surface area contributed by atoms with Crippen LogP contribution in [0.2, 0.25) is 0 Å². The lowest BCUT2D eigenvalue weighted by Crippen LogP contribution is -2.21. The molecular weight excluding hydrogens is 320 g/mol. The predicted octanol–water partition coefficient (Wildman–Crippen LogP) is 3.25. The van der Waals surface area contributed by atoms with Crippen molar-refractivity contribution >= 4 is 28.7 Å². The lowest BCUT2D eigenvalue weighted by molar-refractivity contribution is -0.147. The molecule has 3 rings (SSSR count). The Hall–Kier alpha value is -3.15. The molecule has 0 aliphatic rings. The largest absolute Gasteiger partial charge is 0.456 e. The first-order valence-corrected chi connectivity index (χ1v) is 7.97. The van der Waals surface area contributed by atoms with E-state index in [1.807, 2.05) is 49.4 Å². The molecule has 0 saturated carbocycles. The maximum atomic E-state index is 11.8. The molecule has 0 bridgehead atoms. The standard InChI is InChI=1S/C19H18N2O4/c1-13-5-4-6-14(11-13)20-17(22)12-24-19(23)10-9-18-21-15-7-2-3-8-16(15)25-18/h2-8,11H,9-10,12H2,1H3,(H,20,22). The molecule has 0 atom stereocenters. The highest BCUT2D eigenvalue weighted by molar-refractivity contribution is 5.92. The molecule has 1 N–H and O–H groups in total. The van der Waals surface area contributed by atoms with Gasteiger partial charge in [0.25, 0.3) is 5.91 Å². The van der Waals surface area contributed by atoms with E-state index in [1.165, 1.54) is 0 Å². The highest BCUT2D eigenvalue weighted by atomic mass is 16.5. The Morgan fingerprint density at radius 3 is 2.80 bits per heavy atom. The fraction of sp³-hybridized carbons (Fsp3) is 0.211. The summed E-state index contributed by atoms with van der Waals surface area (Å²) in [6, 6.07) is 14.8. The lowest BCUT2D eigenvalue weighted by atomic mass is 10.2. The van der Waals surface area contributed by atoms with Gasteiger partial charge in [-0.25, -0.2) is 4.98 Å². The number of aryl methyl sites for hydroxylation is 2. The molecule has 1 aromatic heterocycles. The van der Waals surface area contributed by atoms with Gasteiger partial charge in [-0.2, -0.15) is 0 Å². The van der Waals surface area contributed by atoms with Crippen LogP contribution in [0.1, 0.15) is 17.9 Å². The molecule has 128 valence electrons. The molecule has 2 aromatic carbocycles. The van der Waals surface area contributed by atoms with E-state index in [0.717, 1.165) is 11.1 Å². The number of amides is 1. The second-order valence-corrected chi connectivity index (χ2v) is 5.65. The van der Waals surface area contributed by atoms with Crippen LogP contribution in [-0.2, 0) is 20.7 Å². The first kappa shape index (κ1) is 16.7. The number of nitrogens with one attached hydrogen (secondary N) is 1. The van der Waals surface area contributed by atoms with Crippen LogP contribution in [0.5, 0.6) is 0 Å². The normalized spacial score (nSPS) is 10.6. The Morgan fingerprint density at radius 2 is 2.00 bits per heavy atom. The average Bonchev–Trinajstić information content (AvgIpc) is 3.01. The number of carbonyl (C=O) groups excluding carboxylic acids is 2. The van der Waals surface area contributed by atoms with Crippen molar-refractivity contribution in [2.45, 2.75) is 19.8 Å². The van der Waals surface area contributed by atoms with E-state index in [1.54, 1.807) is 6.07 Å². The Kier molecular flexibility index (Phi) is 5.09. The van der Waals surface area contributed by atoms with E-state index in [4.69, 9.17) is 9.15 Å². The van der Waals surface area contributed by atoms with Gasteiger partial charge >= 0.3 is 5.97 Å². The second-order valence-electron chi connectivity index (χ2n) is 5.65. The highest BCUT2D eigenvalue weighted by Crippen LogP contribution is 2.15. The monoisotopic (exact) mass is 338 g/mol. The number of para-hydroxylation sites is 2. The third-order valence-electron chi connectivity index (χ3n) is 3.55. The van der Waals surface area contributed by atoms with E-state index in [2.05, 4.69) is 10.3 Å². The molecule has 0 aliphatic carbocycles.